The van der Waals surface area contributed by atoms with Crippen LogP contribution in [0.4, 0.5) is 10.1 Å². The molecule has 0 aliphatic heterocycles. The topological polar surface area (TPSA) is 41.1 Å². The van der Waals surface area contributed by atoms with E-state index < -0.39 is 5.82 Å². The summed E-state index contributed by atoms with van der Waals surface area (Å²) < 4.78 is 13.1. The van der Waals surface area contributed by atoms with Gasteiger partial charge in [-0.15, -0.1) is 0 Å². The number of carbonyl (C=O) groups is 1. The lowest BCUT2D eigenvalue weighted by Gasteiger charge is -2.11. The van der Waals surface area contributed by atoms with Crippen LogP contribution in [0.1, 0.15) is 21.5 Å². The number of halogens is 2. The number of rotatable bonds is 4. The molecule has 1 amide bonds. The van der Waals surface area contributed by atoms with Gasteiger partial charge in [0.05, 0.1) is 10.6 Å². The molecule has 0 bridgehead atoms. The second-order valence-electron chi connectivity index (χ2n) is 4.73. The average Bonchev–Trinajstić information content (AvgIpc) is 2.48. The van der Waals surface area contributed by atoms with Gasteiger partial charge in [-0.1, -0.05) is 23.7 Å². The van der Waals surface area contributed by atoms with E-state index in [1.165, 1.54) is 12.1 Å². The highest BCUT2D eigenvalue weighted by molar-refractivity contribution is 6.30. The Kier molecular flexibility index (Phi) is 4.81. The van der Waals surface area contributed by atoms with Crippen molar-refractivity contribution >= 4 is 23.2 Å². The first-order valence-corrected chi connectivity index (χ1v) is 6.89. The predicted octanol–water partition coefficient (Wildman–Crippen LogP) is 3.76. The van der Waals surface area contributed by atoms with Gasteiger partial charge in [0.25, 0.3) is 5.91 Å². The number of nitrogens with one attached hydrogen (secondary N) is 2. The smallest absolute Gasteiger partial charge is 0.253 e. The number of hydrogen-bond acceptors (Lipinski definition) is 2. The SMILES string of the molecule is CNc1cc(C)ccc1C(=O)NCc1ccc(F)c(Cl)c1. The van der Waals surface area contributed by atoms with Crippen molar-refractivity contribution in [1.82, 2.24) is 5.32 Å². The Morgan fingerprint density at radius 2 is 2.00 bits per heavy atom. The van der Waals surface area contributed by atoms with Crippen LogP contribution in [0.2, 0.25) is 5.02 Å². The normalized spacial score (nSPS) is 10.3. The van der Waals surface area contributed by atoms with E-state index in [1.54, 1.807) is 19.2 Å². The molecule has 0 spiro atoms. The highest BCUT2D eigenvalue weighted by atomic mass is 35.5. The molecule has 2 aromatic carbocycles. The number of aryl methyl sites for hydroxylation is 1. The van der Waals surface area contributed by atoms with Crippen molar-refractivity contribution in [1.29, 1.82) is 0 Å². The molecular weight excluding hydrogens is 291 g/mol. The summed E-state index contributed by atoms with van der Waals surface area (Å²) in [5.74, 6) is -0.664. The summed E-state index contributed by atoms with van der Waals surface area (Å²) in [6, 6.07) is 9.94. The molecule has 0 heterocycles. The van der Waals surface area contributed by atoms with E-state index in [-0.39, 0.29) is 17.5 Å². The summed E-state index contributed by atoms with van der Waals surface area (Å²) in [5, 5.41) is 5.85. The van der Waals surface area contributed by atoms with Gasteiger partial charge in [0.15, 0.2) is 0 Å². The van der Waals surface area contributed by atoms with Gasteiger partial charge in [0.1, 0.15) is 5.82 Å². The molecule has 0 aliphatic rings. The molecule has 0 saturated carbocycles. The summed E-state index contributed by atoms with van der Waals surface area (Å²) in [5.41, 5.74) is 3.15. The minimum absolute atomic E-state index is 0.0491. The molecule has 0 saturated heterocycles. The number of anilines is 1. The lowest BCUT2D eigenvalue weighted by molar-refractivity contribution is 0.0951. The largest absolute Gasteiger partial charge is 0.387 e. The zero-order chi connectivity index (χ0) is 15.4. The minimum atomic E-state index is -0.470. The zero-order valence-corrected chi connectivity index (χ0v) is 12.6. The fourth-order valence-electron chi connectivity index (χ4n) is 1.99. The second-order valence-corrected chi connectivity index (χ2v) is 5.14. The Labute approximate surface area is 128 Å². The fraction of sp³-hybridized carbons (Fsp3) is 0.188. The first kappa shape index (κ1) is 15.3. The minimum Gasteiger partial charge on any atom is -0.387 e. The fourth-order valence-corrected chi connectivity index (χ4v) is 2.19. The summed E-state index contributed by atoms with van der Waals surface area (Å²) in [6.07, 6.45) is 0. The van der Waals surface area contributed by atoms with E-state index in [2.05, 4.69) is 10.6 Å². The van der Waals surface area contributed by atoms with E-state index in [1.807, 2.05) is 19.1 Å². The number of hydrogen-bond donors (Lipinski definition) is 2. The van der Waals surface area contributed by atoms with Crippen molar-refractivity contribution in [3.8, 4) is 0 Å². The third kappa shape index (κ3) is 3.73. The van der Waals surface area contributed by atoms with Crippen molar-refractivity contribution in [2.24, 2.45) is 0 Å². The Morgan fingerprint density at radius 3 is 2.67 bits per heavy atom. The van der Waals surface area contributed by atoms with Crippen LogP contribution < -0.4 is 10.6 Å². The molecular formula is C16H16ClFN2O. The van der Waals surface area contributed by atoms with Gasteiger partial charge >= 0.3 is 0 Å². The van der Waals surface area contributed by atoms with Crippen molar-refractivity contribution in [2.45, 2.75) is 13.5 Å². The van der Waals surface area contributed by atoms with Gasteiger partial charge in [0, 0.05) is 19.3 Å². The van der Waals surface area contributed by atoms with Crippen LogP contribution in [0.25, 0.3) is 0 Å². The van der Waals surface area contributed by atoms with E-state index in [4.69, 9.17) is 11.6 Å². The first-order chi connectivity index (χ1) is 10.0. The molecule has 5 heteroatoms. The van der Waals surface area contributed by atoms with Gasteiger partial charge < -0.3 is 10.6 Å². The standard InChI is InChI=1S/C16H16ClFN2O/c1-10-3-5-12(15(7-10)19-2)16(21)20-9-11-4-6-14(18)13(17)8-11/h3-8,19H,9H2,1-2H3,(H,20,21). The Balaban J connectivity index is 2.09. The predicted molar refractivity (Wildman–Crippen MR) is 83.3 cm³/mol. The van der Waals surface area contributed by atoms with Crippen LogP contribution in [-0.2, 0) is 6.54 Å². The van der Waals surface area contributed by atoms with Gasteiger partial charge in [-0.05, 0) is 42.3 Å². The molecule has 21 heavy (non-hydrogen) atoms. The summed E-state index contributed by atoms with van der Waals surface area (Å²) in [4.78, 5) is 12.2. The van der Waals surface area contributed by atoms with Gasteiger partial charge in [-0.25, -0.2) is 4.39 Å². The third-order valence-corrected chi connectivity index (χ3v) is 3.42. The summed E-state index contributed by atoms with van der Waals surface area (Å²) in [7, 11) is 1.77. The maximum absolute atomic E-state index is 13.1. The molecule has 110 valence electrons. The van der Waals surface area contributed by atoms with Crippen molar-refractivity contribution in [3.05, 3.63) is 63.9 Å². The third-order valence-electron chi connectivity index (χ3n) is 3.13. The van der Waals surface area contributed by atoms with Crippen molar-refractivity contribution < 1.29 is 9.18 Å². The molecule has 0 atom stereocenters. The molecule has 0 radical (unpaired) electrons. The number of benzene rings is 2. The molecule has 0 aliphatic carbocycles. The van der Waals surface area contributed by atoms with Crippen LogP contribution in [0, 0.1) is 12.7 Å². The van der Waals surface area contributed by atoms with Crippen molar-refractivity contribution in [2.75, 3.05) is 12.4 Å². The van der Waals surface area contributed by atoms with E-state index in [9.17, 15) is 9.18 Å². The quantitative estimate of drug-likeness (QED) is 0.903. The molecule has 3 nitrogen and oxygen atoms in total. The van der Waals surface area contributed by atoms with E-state index in [0.29, 0.717) is 5.56 Å². The Morgan fingerprint density at radius 1 is 1.24 bits per heavy atom. The van der Waals surface area contributed by atoms with Crippen LogP contribution in [0.3, 0.4) is 0 Å². The maximum atomic E-state index is 13.1. The van der Waals surface area contributed by atoms with Gasteiger partial charge in [-0.3, -0.25) is 4.79 Å². The molecule has 0 unspecified atom stereocenters. The zero-order valence-electron chi connectivity index (χ0n) is 11.8. The first-order valence-electron chi connectivity index (χ1n) is 6.52. The number of carbonyl (C=O) groups excluding carboxylic acids is 1. The molecule has 2 aromatic rings. The summed E-state index contributed by atoms with van der Waals surface area (Å²) in [6.45, 7) is 2.25. The number of amides is 1. The van der Waals surface area contributed by atoms with Crippen molar-refractivity contribution in [3.63, 3.8) is 0 Å². The van der Waals surface area contributed by atoms with Gasteiger partial charge in [0.2, 0.25) is 0 Å². The maximum Gasteiger partial charge on any atom is 0.253 e. The molecule has 2 N–H and O–H groups in total. The second kappa shape index (κ2) is 6.59. The van der Waals surface area contributed by atoms with Gasteiger partial charge in [-0.2, -0.15) is 0 Å². The highest BCUT2D eigenvalue weighted by Gasteiger charge is 2.11. The van der Waals surface area contributed by atoms with Crippen LogP contribution >= 0.6 is 11.6 Å². The monoisotopic (exact) mass is 306 g/mol. The molecule has 2 rings (SSSR count). The lowest BCUT2D eigenvalue weighted by atomic mass is 10.1. The Hall–Kier alpha value is -2.07. The highest BCUT2D eigenvalue weighted by Crippen LogP contribution is 2.18. The van der Waals surface area contributed by atoms with Crippen LogP contribution in [0.15, 0.2) is 36.4 Å². The van der Waals surface area contributed by atoms with E-state index in [0.717, 1.165) is 16.8 Å². The van der Waals surface area contributed by atoms with Crippen LogP contribution in [-0.4, -0.2) is 13.0 Å². The van der Waals surface area contributed by atoms with Crippen LogP contribution in [0.5, 0.6) is 0 Å². The molecule has 0 fully saturated rings. The Bertz CT molecular complexity index is 673. The average molecular weight is 307 g/mol. The lowest BCUT2D eigenvalue weighted by Crippen LogP contribution is -2.23. The van der Waals surface area contributed by atoms with E-state index >= 15 is 0 Å². The molecule has 0 aromatic heterocycles. The summed E-state index contributed by atoms with van der Waals surface area (Å²) >= 11 is 5.71.